The van der Waals surface area contributed by atoms with Gasteiger partial charge < -0.3 is 10.0 Å². The number of aromatic nitrogens is 2. The van der Waals surface area contributed by atoms with E-state index < -0.39 is 29.3 Å². The SMILES string of the molecule is O=C(O)[C@@H]1CCCN1c1cnn(-c2cccc(C(F)(F)F)c2)c(=O)c1Cl. The Morgan fingerprint density at radius 2 is 2.08 bits per heavy atom. The molecule has 1 aromatic carbocycles. The van der Waals surface area contributed by atoms with Gasteiger partial charge in [-0.15, -0.1) is 0 Å². The molecule has 0 aliphatic carbocycles. The van der Waals surface area contributed by atoms with Gasteiger partial charge >= 0.3 is 12.1 Å². The lowest BCUT2D eigenvalue weighted by Gasteiger charge is -2.24. The number of carboxylic acids is 1. The molecule has 2 aromatic rings. The predicted molar refractivity (Wildman–Crippen MR) is 87.8 cm³/mol. The molecule has 0 amide bonds. The van der Waals surface area contributed by atoms with Crippen molar-refractivity contribution >= 4 is 23.3 Å². The lowest BCUT2D eigenvalue weighted by molar-refractivity contribution is -0.138. The molecule has 1 aromatic heterocycles. The number of halogens is 4. The average molecular weight is 388 g/mol. The number of aliphatic carboxylic acids is 1. The number of rotatable bonds is 3. The number of alkyl halides is 3. The van der Waals surface area contributed by atoms with Crippen LogP contribution >= 0.6 is 11.6 Å². The van der Waals surface area contributed by atoms with Crippen LogP contribution in [0.4, 0.5) is 18.9 Å². The molecule has 1 aliphatic heterocycles. The zero-order valence-corrected chi connectivity index (χ0v) is 14.0. The van der Waals surface area contributed by atoms with Gasteiger partial charge in [0.05, 0.1) is 23.1 Å². The number of hydrogen-bond donors (Lipinski definition) is 1. The molecule has 10 heteroatoms. The molecule has 1 N–H and O–H groups in total. The summed E-state index contributed by atoms with van der Waals surface area (Å²) in [5.74, 6) is -1.04. The van der Waals surface area contributed by atoms with E-state index in [-0.39, 0.29) is 16.4 Å². The van der Waals surface area contributed by atoms with Crippen LogP contribution in [-0.2, 0) is 11.0 Å². The van der Waals surface area contributed by atoms with Crippen molar-refractivity contribution in [3.8, 4) is 5.69 Å². The third kappa shape index (κ3) is 3.26. The van der Waals surface area contributed by atoms with E-state index in [2.05, 4.69) is 5.10 Å². The van der Waals surface area contributed by atoms with Gasteiger partial charge in [0.15, 0.2) is 0 Å². The van der Waals surface area contributed by atoms with Crippen molar-refractivity contribution in [1.82, 2.24) is 9.78 Å². The van der Waals surface area contributed by atoms with Crippen LogP contribution < -0.4 is 10.5 Å². The Morgan fingerprint density at radius 1 is 1.35 bits per heavy atom. The van der Waals surface area contributed by atoms with E-state index in [1.165, 1.54) is 17.2 Å². The molecule has 3 rings (SSSR count). The van der Waals surface area contributed by atoms with Crippen molar-refractivity contribution in [2.75, 3.05) is 11.4 Å². The fraction of sp³-hybridized carbons (Fsp3) is 0.312. The maximum Gasteiger partial charge on any atom is 0.416 e. The van der Waals surface area contributed by atoms with E-state index >= 15 is 0 Å². The van der Waals surface area contributed by atoms with Crippen molar-refractivity contribution in [2.45, 2.75) is 25.1 Å². The Hall–Kier alpha value is -2.55. The van der Waals surface area contributed by atoms with Gasteiger partial charge in [0, 0.05) is 6.54 Å². The maximum atomic E-state index is 12.9. The van der Waals surface area contributed by atoms with Crippen LogP contribution in [-0.4, -0.2) is 33.4 Å². The zero-order chi connectivity index (χ0) is 19.1. The minimum Gasteiger partial charge on any atom is -0.480 e. The highest BCUT2D eigenvalue weighted by Gasteiger charge is 2.33. The Kier molecular flexibility index (Phi) is 4.66. The molecular formula is C16H13ClF3N3O3. The Balaban J connectivity index is 2.04. The van der Waals surface area contributed by atoms with Gasteiger partial charge in [-0.1, -0.05) is 17.7 Å². The first-order valence-corrected chi connectivity index (χ1v) is 8.03. The van der Waals surface area contributed by atoms with Gasteiger partial charge in [-0.25, -0.2) is 4.79 Å². The van der Waals surface area contributed by atoms with Crippen molar-refractivity contribution in [2.24, 2.45) is 0 Å². The minimum absolute atomic E-state index is 0.0884. The highest BCUT2D eigenvalue weighted by atomic mass is 35.5. The van der Waals surface area contributed by atoms with Gasteiger partial charge in [0.1, 0.15) is 11.1 Å². The van der Waals surface area contributed by atoms with Gasteiger partial charge in [-0.05, 0) is 31.0 Å². The van der Waals surface area contributed by atoms with Crippen LogP contribution in [0.3, 0.4) is 0 Å². The van der Waals surface area contributed by atoms with Crippen LogP contribution in [0, 0.1) is 0 Å². The zero-order valence-electron chi connectivity index (χ0n) is 13.2. The first-order valence-electron chi connectivity index (χ1n) is 7.65. The molecule has 1 atom stereocenters. The summed E-state index contributed by atoms with van der Waals surface area (Å²) in [7, 11) is 0. The third-order valence-corrected chi connectivity index (χ3v) is 4.52. The van der Waals surface area contributed by atoms with Gasteiger partial charge in [-0.2, -0.15) is 23.0 Å². The molecule has 0 radical (unpaired) electrons. The second kappa shape index (κ2) is 6.64. The monoisotopic (exact) mass is 387 g/mol. The number of nitrogens with zero attached hydrogens (tertiary/aromatic N) is 3. The van der Waals surface area contributed by atoms with Crippen molar-refractivity contribution < 1.29 is 23.1 Å². The minimum atomic E-state index is -4.56. The number of carbonyl (C=O) groups is 1. The Morgan fingerprint density at radius 3 is 2.73 bits per heavy atom. The first kappa shape index (κ1) is 18.2. The fourth-order valence-electron chi connectivity index (χ4n) is 2.93. The summed E-state index contributed by atoms with van der Waals surface area (Å²) in [6.45, 7) is 0.394. The van der Waals surface area contributed by atoms with E-state index in [1.54, 1.807) is 0 Å². The second-order valence-electron chi connectivity index (χ2n) is 5.80. The number of hydrogen-bond acceptors (Lipinski definition) is 4. The van der Waals surface area contributed by atoms with Crippen LogP contribution in [0.1, 0.15) is 18.4 Å². The van der Waals surface area contributed by atoms with Gasteiger partial charge in [0.2, 0.25) is 0 Å². The molecule has 0 saturated carbocycles. The molecule has 138 valence electrons. The predicted octanol–water partition coefficient (Wildman–Crippen LogP) is 2.96. The molecule has 1 saturated heterocycles. The van der Waals surface area contributed by atoms with E-state index in [1.807, 2.05) is 0 Å². The molecule has 26 heavy (non-hydrogen) atoms. The van der Waals surface area contributed by atoms with Crippen LogP contribution in [0.25, 0.3) is 5.69 Å². The molecule has 0 unspecified atom stereocenters. The number of benzene rings is 1. The molecular weight excluding hydrogens is 375 g/mol. The normalized spacial score (nSPS) is 17.5. The van der Waals surface area contributed by atoms with E-state index in [0.29, 0.717) is 19.4 Å². The smallest absolute Gasteiger partial charge is 0.416 e. The third-order valence-electron chi connectivity index (χ3n) is 4.17. The van der Waals surface area contributed by atoms with E-state index in [0.717, 1.165) is 22.9 Å². The molecule has 0 bridgehead atoms. The Bertz CT molecular complexity index is 914. The first-order chi connectivity index (χ1) is 12.2. The van der Waals surface area contributed by atoms with E-state index in [4.69, 9.17) is 11.6 Å². The second-order valence-corrected chi connectivity index (χ2v) is 6.18. The number of carboxylic acid groups (broad SMARTS) is 1. The quantitative estimate of drug-likeness (QED) is 0.876. The molecule has 0 spiro atoms. The topological polar surface area (TPSA) is 75.4 Å². The average Bonchev–Trinajstić information content (AvgIpc) is 3.06. The largest absolute Gasteiger partial charge is 0.480 e. The molecule has 1 aliphatic rings. The highest BCUT2D eigenvalue weighted by Crippen LogP contribution is 2.31. The van der Waals surface area contributed by atoms with Crippen LogP contribution in [0.5, 0.6) is 0 Å². The number of anilines is 1. The lowest BCUT2D eigenvalue weighted by Crippen LogP contribution is -2.37. The molecule has 1 fully saturated rings. The van der Waals surface area contributed by atoms with Crippen molar-refractivity contribution in [3.05, 3.63) is 51.4 Å². The summed E-state index contributed by atoms with van der Waals surface area (Å²) < 4.78 is 39.3. The van der Waals surface area contributed by atoms with E-state index in [9.17, 15) is 27.9 Å². The van der Waals surface area contributed by atoms with Crippen molar-refractivity contribution in [3.63, 3.8) is 0 Å². The van der Waals surface area contributed by atoms with Crippen LogP contribution in [0.15, 0.2) is 35.3 Å². The summed E-state index contributed by atoms with van der Waals surface area (Å²) in [6, 6.07) is 3.31. The van der Waals surface area contributed by atoms with Crippen molar-refractivity contribution in [1.29, 1.82) is 0 Å². The van der Waals surface area contributed by atoms with Crippen LogP contribution in [0.2, 0.25) is 5.02 Å². The molecule has 2 heterocycles. The fourth-order valence-corrected chi connectivity index (χ4v) is 3.17. The Labute approximate surface area is 150 Å². The standard InChI is InChI=1S/C16H13ClF3N3O3/c17-13-12(22-6-2-5-11(22)15(25)26)8-21-23(14(13)24)10-4-1-3-9(7-10)16(18,19)20/h1,3-4,7-8,11H,2,5-6H2,(H,25,26)/t11-/m0/s1. The van der Waals surface area contributed by atoms with Gasteiger partial charge in [0.25, 0.3) is 5.56 Å². The van der Waals surface area contributed by atoms with Gasteiger partial charge in [-0.3, -0.25) is 4.79 Å². The lowest BCUT2D eigenvalue weighted by atomic mass is 10.2. The highest BCUT2D eigenvalue weighted by molar-refractivity contribution is 6.33. The summed E-state index contributed by atoms with van der Waals surface area (Å²) in [5, 5.41) is 12.9. The molecule has 6 nitrogen and oxygen atoms in total. The maximum absolute atomic E-state index is 12.9. The summed E-state index contributed by atoms with van der Waals surface area (Å²) in [6.07, 6.45) is -2.34. The summed E-state index contributed by atoms with van der Waals surface area (Å²) in [5.41, 5.74) is -1.67. The summed E-state index contributed by atoms with van der Waals surface area (Å²) >= 11 is 6.10. The summed E-state index contributed by atoms with van der Waals surface area (Å²) in [4.78, 5) is 25.3.